The summed E-state index contributed by atoms with van der Waals surface area (Å²) in [7, 11) is 0. The fourth-order valence-corrected chi connectivity index (χ4v) is 3.21. The summed E-state index contributed by atoms with van der Waals surface area (Å²) >= 11 is 0. The molecule has 0 fully saturated rings. The van der Waals surface area contributed by atoms with Crippen LogP contribution in [0.3, 0.4) is 0 Å². The molecule has 0 spiro atoms. The van der Waals surface area contributed by atoms with Crippen LogP contribution in [0.1, 0.15) is 59.5 Å². The van der Waals surface area contributed by atoms with Crippen LogP contribution in [0.15, 0.2) is 84.9 Å². The fraction of sp³-hybridized carbons (Fsp3) is 0.231. The number of benzene rings is 3. The summed E-state index contributed by atoms with van der Waals surface area (Å²) in [6.07, 6.45) is 0. The minimum absolute atomic E-state index is 0.176. The third-order valence-electron chi connectivity index (χ3n) is 5.00. The van der Waals surface area contributed by atoms with Gasteiger partial charge in [0, 0.05) is 0 Å². The zero-order chi connectivity index (χ0) is 21.8. The normalized spacial score (nSPS) is 11.6. The molecule has 154 valence electrons. The predicted octanol–water partition coefficient (Wildman–Crippen LogP) is 5.87. The van der Waals surface area contributed by atoms with Crippen molar-refractivity contribution < 1.29 is 19.1 Å². The summed E-state index contributed by atoms with van der Waals surface area (Å²) in [6.45, 7) is 7.28. The van der Waals surface area contributed by atoms with Gasteiger partial charge in [-0.2, -0.15) is 0 Å². The number of hydrogen-bond acceptors (Lipinski definition) is 4. The second-order valence-corrected chi connectivity index (χ2v) is 8.08. The van der Waals surface area contributed by atoms with Gasteiger partial charge in [0.2, 0.25) is 0 Å². The van der Waals surface area contributed by atoms with Crippen LogP contribution in [0.4, 0.5) is 0 Å². The van der Waals surface area contributed by atoms with E-state index < -0.39 is 23.1 Å². The minimum Gasteiger partial charge on any atom is -0.451 e. The maximum atomic E-state index is 13.0. The van der Waals surface area contributed by atoms with Gasteiger partial charge in [-0.25, -0.2) is 9.59 Å². The highest BCUT2D eigenvalue weighted by atomic mass is 16.6. The third kappa shape index (κ3) is 4.77. The smallest absolute Gasteiger partial charge is 0.339 e. The molecule has 3 rings (SSSR count). The van der Waals surface area contributed by atoms with E-state index >= 15 is 0 Å². The van der Waals surface area contributed by atoms with Crippen molar-refractivity contribution in [1.82, 2.24) is 0 Å². The van der Waals surface area contributed by atoms with Crippen molar-refractivity contribution in [2.24, 2.45) is 0 Å². The Labute approximate surface area is 177 Å². The van der Waals surface area contributed by atoms with Crippen LogP contribution in [0, 0.1) is 0 Å². The Morgan fingerprint density at radius 1 is 0.533 bits per heavy atom. The van der Waals surface area contributed by atoms with Crippen molar-refractivity contribution in [2.75, 3.05) is 0 Å². The maximum absolute atomic E-state index is 13.0. The first kappa shape index (κ1) is 21.3. The number of rotatable bonds is 6. The molecule has 30 heavy (non-hydrogen) atoms. The van der Waals surface area contributed by atoms with Gasteiger partial charge in [0.05, 0.1) is 11.1 Å². The lowest BCUT2D eigenvalue weighted by atomic mass is 9.97. The second kappa shape index (κ2) is 8.54. The van der Waals surface area contributed by atoms with E-state index in [9.17, 15) is 9.59 Å². The van der Waals surface area contributed by atoms with Crippen LogP contribution in [-0.4, -0.2) is 11.9 Å². The molecule has 0 aromatic heterocycles. The number of esters is 2. The van der Waals surface area contributed by atoms with Gasteiger partial charge in [0.1, 0.15) is 11.2 Å². The molecule has 4 nitrogen and oxygen atoms in total. The van der Waals surface area contributed by atoms with Crippen molar-refractivity contribution in [2.45, 2.75) is 38.9 Å². The molecule has 0 aliphatic carbocycles. The van der Waals surface area contributed by atoms with Crippen molar-refractivity contribution in [3.05, 3.63) is 107 Å². The molecule has 0 N–H and O–H groups in total. The van der Waals surface area contributed by atoms with Crippen molar-refractivity contribution in [3.8, 4) is 0 Å². The molecule has 0 radical (unpaired) electrons. The average molecular weight is 402 g/mol. The molecule has 0 aliphatic rings. The molecule has 4 heteroatoms. The fourth-order valence-electron chi connectivity index (χ4n) is 3.21. The van der Waals surface area contributed by atoms with E-state index in [-0.39, 0.29) is 11.1 Å². The van der Waals surface area contributed by atoms with E-state index in [1.165, 1.54) is 0 Å². The molecule has 3 aromatic carbocycles. The molecule has 0 bridgehead atoms. The van der Waals surface area contributed by atoms with Gasteiger partial charge < -0.3 is 9.47 Å². The molecule has 0 heterocycles. The number of carbonyl (C=O) groups is 2. The third-order valence-corrected chi connectivity index (χ3v) is 5.00. The largest absolute Gasteiger partial charge is 0.451 e. The number of hydrogen-bond donors (Lipinski definition) is 0. The van der Waals surface area contributed by atoms with Gasteiger partial charge in [0.25, 0.3) is 0 Å². The first-order valence-corrected chi connectivity index (χ1v) is 9.87. The van der Waals surface area contributed by atoms with Gasteiger partial charge >= 0.3 is 11.9 Å². The summed E-state index contributed by atoms with van der Waals surface area (Å²) in [5.41, 5.74) is 0.384. The van der Waals surface area contributed by atoms with Crippen LogP contribution in [0.5, 0.6) is 0 Å². The van der Waals surface area contributed by atoms with Crippen LogP contribution in [-0.2, 0) is 20.7 Å². The van der Waals surface area contributed by atoms with Gasteiger partial charge in [-0.15, -0.1) is 0 Å². The maximum Gasteiger partial charge on any atom is 0.339 e. The Kier molecular flexibility index (Phi) is 6.06. The highest BCUT2D eigenvalue weighted by Crippen LogP contribution is 2.29. The Bertz CT molecular complexity index is 937. The average Bonchev–Trinajstić information content (AvgIpc) is 2.74. The van der Waals surface area contributed by atoms with Crippen molar-refractivity contribution >= 4 is 11.9 Å². The summed E-state index contributed by atoms with van der Waals surface area (Å²) in [5.74, 6) is -1.15. The van der Waals surface area contributed by atoms with Gasteiger partial charge in [-0.05, 0) is 51.0 Å². The lowest BCUT2D eigenvalue weighted by molar-refractivity contribution is -0.00796. The Balaban J connectivity index is 1.83. The lowest BCUT2D eigenvalue weighted by Crippen LogP contribution is -2.29. The quantitative estimate of drug-likeness (QED) is 0.484. The number of ether oxygens (including phenoxy) is 2. The van der Waals surface area contributed by atoms with E-state index in [2.05, 4.69) is 0 Å². The predicted molar refractivity (Wildman–Crippen MR) is 116 cm³/mol. The van der Waals surface area contributed by atoms with E-state index in [1.54, 1.807) is 24.3 Å². The zero-order valence-electron chi connectivity index (χ0n) is 17.7. The summed E-state index contributed by atoms with van der Waals surface area (Å²) in [4.78, 5) is 25.9. The summed E-state index contributed by atoms with van der Waals surface area (Å²) in [6, 6.07) is 25.5. The number of carbonyl (C=O) groups excluding carboxylic acids is 2. The van der Waals surface area contributed by atoms with Crippen LogP contribution < -0.4 is 0 Å². The van der Waals surface area contributed by atoms with Crippen LogP contribution in [0.25, 0.3) is 0 Å². The van der Waals surface area contributed by atoms with Crippen LogP contribution >= 0.6 is 0 Å². The lowest BCUT2D eigenvalue weighted by Gasteiger charge is -2.27. The molecule has 0 aliphatic heterocycles. The first-order chi connectivity index (χ1) is 14.2. The Morgan fingerprint density at radius 3 is 1.17 bits per heavy atom. The molecular formula is C26H26O4. The van der Waals surface area contributed by atoms with Crippen LogP contribution in [0.2, 0.25) is 0 Å². The minimum atomic E-state index is -0.849. The molecule has 0 unspecified atom stereocenters. The standard InChI is InChI=1S/C26H26O4/c1-25(2,19-13-7-5-8-14-19)29-23(27)21-17-11-12-18-22(21)24(28)30-26(3,4)20-15-9-6-10-16-20/h5-18H,1-4H3. The second-order valence-electron chi connectivity index (χ2n) is 8.08. The summed E-state index contributed by atoms with van der Waals surface area (Å²) in [5, 5.41) is 0. The highest BCUT2D eigenvalue weighted by Gasteiger charge is 2.31. The van der Waals surface area contributed by atoms with Gasteiger partial charge in [-0.1, -0.05) is 72.8 Å². The Hall–Kier alpha value is -3.40. The molecular weight excluding hydrogens is 376 g/mol. The van der Waals surface area contributed by atoms with E-state index in [0.29, 0.717) is 0 Å². The Morgan fingerprint density at radius 2 is 0.833 bits per heavy atom. The molecule has 0 saturated carbocycles. The van der Waals surface area contributed by atoms with E-state index in [4.69, 9.17) is 9.47 Å². The van der Waals surface area contributed by atoms with E-state index in [1.807, 2.05) is 88.4 Å². The van der Waals surface area contributed by atoms with Gasteiger partial charge in [-0.3, -0.25) is 0 Å². The van der Waals surface area contributed by atoms with Crippen molar-refractivity contribution in [1.29, 1.82) is 0 Å². The zero-order valence-corrected chi connectivity index (χ0v) is 17.7. The topological polar surface area (TPSA) is 52.6 Å². The van der Waals surface area contributed by atoms with Gasteiger partial charge in [0.15, 0.2) is 0 Å². The monoisotopic (exact) mass is 402 g/mol. The SMILES string of the molecule is CC(C)(OC(=O)c1ccccc1C(=O)OC(C)(C)c1ccccc1)c1ccccc1. The molecule has 3 aromatic rings. The molecule has 0 saturated heterocycles. The molecule has 0 atom stereocenters. The summed E-state index contributed by atoms with van der Waals surface area (Å²) < 4.78 is 11.5. The molecule has 0 amide bonds. The highest BCUT2D eigenvalue weighted by molar-refractivity contribution is 6.03. The van der Waals surface area contributed by atoms with Crippen molar-refractivity contribution in [3.63, 3.8) is 0 Å². The van der Waals surface area contributed by atoms with E-state index in [0.717, 1.165) is 11.1 Å². The first-order valence-electron chi connectivity index (χ1n) is 9.87.